The molecule has 3 N–H and O–H groups in total. The molecule has 1 aromatic carbocycles. The Morgan fingerprint density at radius 2 is 1.61 bits per heavy atom. The number of aromatic hydroxyl groups is 1. The number of phenolic OH excluding ortho intramolecular Hbond substituents is 1. The van der Waals surface area contributed by atoms with Gasteiger partial charge in [0.25, 0.3) is 0 Å². The summed E-state index contributed by atoms with van der Waals surface area (Å²) < 4.78 is 0. The fourth-order valence-electron chi connectivity index (χ4n) is 1.18. The first-order valence-electron chi connectivity index (χ1n) is 6.31. The van der Waals surface area contributed by atoms with Gasteiger partial charge in [0.15, 0.2) is 0 Å². The second-order valence-electron chi connectivity index (χ2n) is 3.05. The Bertz CT molecular complexity index is 309. The number of carbonyl (C=O) groups is 1. The van der Waals surface area contributed by atoms with Crippen molar-refractivity contribution in [2.24, 2.45) is 0 Å². The first kappa shape index (κ1) is 18.8. The van der Waals surface area contributed by atoms with E-state index < -0.39 is 12.0 Å². The van der Waals surface area contributed by atoms with Crippen LogP contribution in [0.4, 0.5) is 0 Å². The lowest BCUT2D eigenvalue weighted by Crippen LogP contribution is -2.35. The minimum Gasteiger partial charge on any atom is -0.508 e. The van der Waals surface area contributed by atoms with Crippen LogP contribution in [0.5, 0.6) is 5.75 Å². The van der Waals surface area contributed by atoms with Gasteiger partial charge in [-0.2, -0.15) is 0 Å². The molecule has 4 heteroatoms. The molecule has 1 rings (SSSR count). The predicted molar refractivity (Wildman–Crippen MR) is 75.0 cm³/mol. The van der Waals surface area contributed by atoms with E-state index in [9.17, 15) is 4.79 Å². The third-order valence-corrected chi connectivity index (χ3v) is 2.02. The number of nitrogens with one attached hydrogen (secondary N) is 1. The monoisotopic (exact) mass is 255 g/mol. The molecular formula is C14H25NO3. The van der Waals surface area contributed by atoms with Crippen LogP contribution in [0.1, 0.15) is 33.3 Å². The van der Waals surface area contributed by atoms with Crippen LogP contribution in [0.25, 0.3) is 0 Å². The van der Waals surface area contributed by atoms with Crippen LogP contribution in [0.15, 0.2) is 24.3 Å². The van der Waals surface area contributed by atoms with E-state index in [0.717, 1.165) is 5.56 Å². The van der Waals surface area contributed by atoms with Gasteiger partial charge in [0.1, 0.15) is 11.8 Å². The normalized spacial score (nSPS) is 10.3. The molecule has 0 fully saturated rings. The van der Waals surface area contributed by atoms with Crippen molar-refractivity contribution in [1.82, 2.24) is 5.32 Å². The zero-order chi connectivity index (χ0) is 14.6. The maximum Gasteiger partial charge on any atom is 0.321 e. The zero-order valence-corrected chi connectivity index (χ0v) is 11.9. The van der Waals surface area contributed by atoms with E-state index in [-0.39, 0.29) is 5.75 Å². The Balaban J connectivity index is 0. The number of carboxylic acids is 1. The molecule has 0 bridgehead atoms. The Labute approximate surface area is 110 Å². The Morgan fingerprint density at radius 1 is 1.17 bits per heavy atom. The van der Waals surface area contributed by atoms with Gasteiger partial charge in [0.2, 0.25) is 0 Å². The van der Waals surface area contributed by atoms with E-state index in [0.29, 0.717) is 6.42 Å². The summed E-state index contributed by atoms with van der Waals surface area (Å²) in [6.07, 6.45) is 0.409. The quantitative estimate of drug-likeness (QED) is 0.773. The molecule has 0 aliphatic carbocycles. The SMILES string of the molecule is CC.CC.CN[C@@H](Cc1ccc(O)cc1)C(=O)O. The fraction of sp³-hybridized carbons (Fsp3) is 0.500. The van der Waals surface area contributed by atoms with E-state index in [1.807, 2.05) is 27.7 Å². The first-order valence-corrected chi connectivity index (χ1v) is 6.31. The van der Waals surface area contributed by atoms with Gasteiger partial charge in [-0.05, 0) is 31.2 Å². The highest BCUT2D eigenvalue weighted by molar-refractivity contribution is 5.73. The van der Waals surface area contributed by atoms with Crippen LogP contribution >= 0.6 is 0 Å². The highest BCUT2D eigenvalue weighted by atomic mass is 16.4. The van der Waals surface area contributed by atoms with Crippen LogP contribution in [0, 0.1) is 0 Å². The Morgan fingerprint density at radius 3 is 1.94 bits per heavy atom. The molecule has 0 radical (unpaired) electrons. The second-order valence-corrected chi connectivity index (χ2v) is 3.05. The number of phenols is 1. The van der Waals surface area contributed by atoms with Gasteiger partial charge >= 0.3 is 5.97 Å². The van der Waals surface area contributed by atoms with E-state index in [2.05, 4.69) is 5.32 Å². The smallest absolute Gasteiger partial charge is 0.321 e. The zero-order valence-electron chi connectivity index (χ0n) is 11.9. The van der Waals surface area contributed by atoms with E-state index >= 15 is 0 Å². The van der Waals surface area contributed by atoms with Gasteiger partial charge in [-0.1, -0.05) is 39.8 Å². The van der Waals surface area contributed by atoms with Gasteiger partial charge in [-0.25, -0.2) is 0 Å². The summed E-state index contributed by atoms with van der Waals surface area (Å²) in [5.74, 6) is -0.689. The molecule has 0 heterocycles. The summed E-state index contributed by atoms with van der Waals surface area (Å²) >= 11 is 0. The van der Waals surface area contributed by atoms with Crippen LogP contribution in [-0.4, -0.2) is 29.3 Å². The highest BCUT2D eigenvalue weighted by Crippen LogP contribution is 2.11. The van der Waals surface area contributed by atoms with Crippen molar-refractivity contribution in [1.29, 1.82) is 0 Å². The van der Waals surface area contributed by atoms with Gasteiger partial charge in [-0.15, -0.1) is 0 Å². The summed E-state index contributed by atoms with van der Waals surface area (Å²) in [6.45, 7) is 8.00. The van der Waals surface area contributed by atoms with Crippen molar-refractivity contribution in [2.75, 3.05) is 7.05 Å². The van der Waals surface area contributed by atoms with Crippen molar-refractivity contribution in [3.05, 3.63) is 29.8 Å². The first-order chi connectivity index (χ1) is 8.63. The van der Waals surface area contributed by atoms with E-state index in [4.69, 9.17) is 10.2 Å². The fourth-order valence-corrected chi connectivity index (χ4v) is 1.18. The van der Waals surface area contributed by atoms with Crippen molar-refractivity contribution < 1.29 is 15.0 Å². The minimum atomic E-state index is -0.874. The molecular weight excluding hydrogens is 230 g/mol. The molecule has 4 nitrogen and oxygen atoms in total. The molecule has 1 atom stereocenters. The number of likely N-dealkylation sites (N-methyl/N-ethyl adjacent to an activating group) is 1. The molecule has 0 saturated carbocycles. The van der Waals surface area contributed by atoms with E-state index in [1.165, 1.54) is 0 Å². The maximum absolute atomic E-state index is 10.7. The average Bonchev–Trinajstić information content (AvgIpc) is 2.42. The molecule has 0 aliphatic heterocycles. The summed E-state index contributed by atoms with van der Waals surface area (Å²) in [7, 11) is 1.61. The molecule has 1 aromatic rings. The largest absolute Gasteiger partial charge is 0.508 e. The van der Waals surface area contributed by atoms with Crippen LogP contribution in [0.3, 0.4) is 0 Å². The number of benzene rings is 1. The lowest BCUT2D eigenvalue weighted by Gasteiger charge is -2.10. The molecule has 0 spiro atoms. The Kier molecular flexibility index (Phi) is 12.5. The third kappa shape index (κ3) is 7.68. The highest BCUT2D eigenvalue weighted by Gasteiger charge is 2.14. The number of aliphatic carboxylic acids is 1. The topological polar surface area (TPSA) is 69.6 Å². The van der Waals surface area contributed by atoms with Crippen molar-refractivity contribution in [3.63, 3.8) is 0 Å². The number of hydrogen-bond donors (Lipinski definition) is 3. The molecule has 18 heavy (non-hydrogen) atoms. The lowest BCUT2D eigenvalue weighted by atomic mass is 10.1. The van der Waals surface area contributed by atoms with E-state index in [1.54, 1.807) is 31.3 Å². The van der Waals surface area contributed by atoms with Crippen molar-refractivity contribution >= 4 is 5.97 Å². The number of rotatable bonds is 4. The van der Waals surface area contributed by atoms with Gasteiger partial charge in [-0.3, -0.25) is 4.79 Å². The molecule has 0 unspecified atom stereocenters. The summed E-state index contributed by atoms with van der Waals surface area (Å²) in [5, 5.41) is 20.5. The average molecular weight is 255 g/mol. The summed E-state index contributed by atoms with van der Waals surface area (Å²) in [4.78, 5) is 10.7. The van der Waals surface area contributed by atoms with Crippen LogP contribution in [-0.2, 0) is 11.2 Å². The number of carboxylic acid groups (broad SMARTS) is 1. The third-order valence-electron chi connectivity index (χ3n) is 2.02. The molecule has 0 saturated heterocycles. The standard InChI is InChI=1S/C10H13NO3.2C2H6/c1-11-9(10(13)14)6-7-2-4-8(12)5-3-7;2*1-2/h2-5,9,11-12H,6H2,1H3,(H,13,14);2*1-2H3/t9-;;/m0../s1. The minimum absolute atomic E-state index is 0.185. The lowest BCUT2D eigenvalue weighted by molar-refractivity contribution is -0.139. The van der Waals surface area contributed by atoms with Crippen molar-refractivity contribution in [2.45, 2.75) is 40.2 Å². The molecule has 0 aromatic heterocycles. The maximum atomic E-state index is 10.7. The Hall–Kier alpha value is -1.55. The number of hydrogen-bond acceptors (Lipinski definition) is 3. The predicted octanol–water partition coefficient (Wildman–Crippen LogP) is 2.66. The summed E-state index contributed by atoms with van der Waals surface area (Å²) in [6, 6.07) is 5.93. The summed E-state index contributed by atoms with van der Waals surface area (Å²) in [5.41, 5.74) is 0.879. The van der Waals surface area contributed by atoms with Gasteiger partial charge in [0, 0.05) is 0 Å². The second kappa shape index (κ2) is 11.9. The molecule has 0 aliphatic rings. The molecule has 104 valence electrons. The van der Waals surface area contributed by atoms with Crippen LogP contribution in [0.2, 0.25) is 0 Å². The van der Waals surface area contributed by atoms with Crippen molar-refractivity contribution in [3.8, 4) is 5.75 Å². The van der Waals surface area contributed by atoms with Gasteiger partial charge in [0.05, 0.1) is 0 Å². The molecule has 0 amide bonds. The van der Waals surface area contributed by atoms with Gasteiger partial charge < -0.3 is 15.5 Å². The van der Waals surface area contributed by atoms with Crippen LogP contribution < -0.4 is 5.32 Å².